The molecule has 0 N–H and O–H groups in total. The molecular formula is C16H26N2O3. The van der Waals surface area contributed by atoms with Crippen molar-refractivity contribution in [2.75, 3.05) is 32.8 Å². The lowest BCUT2D eigenvalue weighted by molar-refractivity contribution is -0.135. The van der Waals surface area contributed by atoms with Gasteiger partial charge < -0.3 is 14.5 Å². The standard InChI is InChI=1S/C16H26N2O3/c19-15-11-13(12-18(15)14-5-9-21-10-6-14)16(20)17-7-3-1-2-4-8-17/h13-14H,1-12H2. The Morgan fingerprint density at radius 3 is 2.38 bits per heavy atom. The molecule has 0 saturated carbocycles. The molecule has 0 bridgehead atoms. The average molecular weight is 294 g/mol. The van der Waals surface area contributed by atoms with Gasteiger partial charge in [-0.1, -0.05) is 12.8 Å². The van der Waals surface area contributed by atoms with E-state index in [4.69, 9.17) is 4.74 Å². The fraction of sp³-hybridized carbons (Fsp3) is 0.875. The van der Waals surface area contributed by atoms with Crippen molar-refractivity contribution in [1.82, 2.24) is 9.80 Å². The number of likely N-dealkylation sites (tertiary alicyclic amines) is 2. The van der Waals surface area contributed by atoms with Crippen molar-refractivity contribution >= 4 is 11.8 Å². The van der Waals surface area contributed by atoms with Gasteiger partial charge in [0, 0.05) is 45.3 Å². The normalized spacial score (nSPS) is 28.8. The molecule has 0 aromatic heterocycles. The van der Waals surface area contributed by atoms with Gasteiger partial charge in [-0.15, -0.1) is 0 Å². The van der Waals surface area contributed by atoms with Gasteiger partial charge in [-0.25, -0.2) is 0 Å². The second-order valence-corrected chi connectivity index (χ2v) is 6.53. The fourth-order valence-corrected chi connectivity index (χ4v) is 3.80. The number of rotatable bonds is 2. The summed E-state index contributed by atoms with van der Waals surface area (Å²) < 4.78 is 5.36. The molecule has 3 fully saturated rings. The highest BCUT2D eigenvalue weighted by molar-refractivity contribution is 5.89. The number of hydrogen-bond donors (Lipinski definition) is 0. The van der Waals surface area contributed by atoms with E-state index < -0.39 is 0 Å². The lowest BCUT2D eigenvalue weighted by Crippen LogP contribution is -2.42. The van der Waals surface area contributed by atoms with Gasteiger partial charge in [0.05, 0.1) is 5.92 Å². The van der Waals surface area contributed by atoms with Gasteiger partial charge in [0.1, 0.15) is 0 Å². The van der Waals surface area contributed by atoms with E-state index in [9.17, 15) is 9.59 Å². The number of nitrogens with zero attached hydrogens (tertiary/aromatic N) is 2. The third-order valence-electron chi connectivity index (χ3n) is 5.06. The molecule has 0 spiro atoms. The maximum Gasteiger partial charge on any atom is 0.227 e. The number of carbonyl (C=O) groups is 2. The van der Waals surface area contributed by atoms with Crippen LogP contribution in [0.5, 0.6) is 0 Å². The van der Waals surface area contributed by atoms with E-state index in [1.54, 1.807) is 0 Å². The molecule has 3 heterocycles. The van der Waals surface area contributed by atoms with Gasteiger partial charge in [0.25, 0.3) is 0 Å². The van der Waals surface area contributed by atoms with Crippen LogP contribution in [0.15, 0.2) is 0 Å². The van der Waals surface area contributed by atoms with Gasteiger partial charge in [-0.05, 0) is 25.7 Å². The second kappa shape index (κ2) is 6.77. The fourth-order valence-electron chi connectivity index (χ4n) is 3.80. The minimum atomic E-state index is -0.113. The van der Waals surface area contributed by atoms with Crippen LogP contribution in [0.25, 0.3) is 0 Å². The van der Waals surface area contributed by atoms with Crippen molar-refractivity contribution < 1.29 is 14.3 Å². The van der Waals surface area contributed by atoms with Crippen LogP contribution in [0, 0.1) is 5.92 Å². The first-order chi connectivity index (χ1) is 10.3. The lowest BCUT2D eigenvalue weighted by atomic mass is 10.1. The third kappa shape index (κ3) is 3.39. The molecular weight excluding hydrogens is 268 g/mol. The monoisotopic (exact) mass is 294 g/mol. The summed E-state index contributed by atoms with van der Waals surface area (Å²) >= 11 is 0. The molecule has 3 saturated heterocycles. The first-order valence-electron chi connectivity index (χ1n) is 8.41. The zero-order valence-electron chi connectivity index (χ0n) is 12.8. The summed E-state index contributed by atoms with van der Waals surface area (Å²) in [6, 6.07) is 0.285. The average Bonchev–Trinajstić information content (AvgIpc) is 2.74. The Kier molecular flexibility index (Phi) is 4.78. The van der Waals surface area contributed by atoms with Crippen LogP contribution >= 0.6 is 0 Å². The van der Waals surface area contributed by atoms with Crippen LogP contribution < -0.4 is 0 Å². The van der Waals surface area contributed by atoms with Gasteiger partial charge in [-0.2, -0.15) is 0 Å². The van der Waals surface area contributed by atoms with Crippen LogP contribution in [-0.2, 0) is 14.3 Å². The SMILES string of the molecule is O=C(C1CC(=O)N(C2CCOCC2)C1)N1CCCCCC1. The summed E-state index contributed by atoms with van der Waals surface area (Å²) in [6.07, 6.45) is 6.90. The number of amides is 2. The topological polar surface area (TPSA) is 49.9 Å². The van der Waals surface area contributed by atoms with E-state index in [1.165, 1.54) is 12.8 Å². The maximum absolute atomic E-state index is 12.6. The van der Waals surface area contributed by atoms with Crippen LogP contribution in [-0.4, -0.2) is 60.5 Å². The van der Waals surface area contributed by atoms with Crippen LogP contribution in [0.2, 0.25) is 0 Å². The Labute approximate surface area is 126 Å². The Bertz CT molecular complexity index is 385. The highest BCUT2D eigenvalue weighted by atomic mass is 16.5. The quantitative estimate of drug-likeness (QED) is 0.774. The van der Waals surface area contributed by atoms with Crippen molar-refractivity contribution in [2.45, 2.75) is 51.0 Å². The van der Waals surface area contributed by atoms with E-state index in [0.29, 0.717) is 13.0 Å². The van der Waals surface area contributed by atoms with Crippen molar-refractivity contribution in [3.8, 4) is 0 Å². The predicted octanol–water partition coefficient (Wildman–Crippen LogP) is 1.42. The van der Waals surface area contributed by atoms with Crippen molar-refractivity contribution in [2.24, 2.45) is 5.92 Å². The summed E-state index contributed by atoms with van der Waals surface area (Å²) in [6.45, 7) is 3.85. The van der Waals surface area contributed by atoms with Crippen molar-refractivity contribution in [1.29, 1.82) is 0 Å². The molecule has 3 aliphatic rings. The lowest BCUT2D eigenvalue weighted by Gasteiger charge is -2.31. The molecule has 118 valence electrons. The number of carbonyl (C=O) groups excluding carboxylic acids is 2. The number of ether oxygens (including phenoxy) is 1. The smallest absolute Gasteiger partial charge is 0.227 e. The zero-order valence-corrected chi connectivity index (χ0v) is 12.8. The number of hydrogen-bond acceptors (Lipinski definition) is 3. The molecule has 5 heteroatoms. The Morgan fingerprint density at radius 2 is 1.71 bits per heavy atom. The summed E-state index contributed by atoms with van der Waals surface area (Å²) in [7, 11) is 0. The van der Waals surface area contributed by atoms with Crippen molar-refractivity contribution in [3.63, 3.8) is 0 Å². The minimum absolute atomic E-state index is 0.113. The van der Waals surface area contributed by atoms with Gasteiger partial charge in [0.2, 0.25) is 11.8 Å². The zero-order chi connectivity index (χ0) is 14.7. The Hall–Kier alpha value is -1.10. The second-order valence-electron chi connectivity index (χ2n) is 6.53. The molecule has 0 aliphatic carbocycles. The van der Waals surface area contributed by atoms with E-state index in [1.807, 2.05) is 9.80 Å². The molecule has 21 heavy (non-hydrogen) atoms. The van der Waals surface area contributed by atoms with E-state index in [2.05, 4.69) is 0 Å². The molecule has 3 rings (SSSR count). The first-order valence-corrected chi connectivity index (χ1v) is 8.41. The molecule has 0 radical (unpaired) electrons. The van der Waals surface area contributed by atoms with E-state index in [0.717, 1.165) is 52.0 Å². The predicted molar refractivity (Wildman–Crippen MR) is 78.7 cm³/mol. The molecule has 1 atom stereocenters. The third-order valence-corrected chi connectivity index (χ3v) is 5.06. The molecule has 0 aromatic carbocycles. The van der Waals surface area contributed by atoms with Crippen molar-refractivity contribution in [3.05, 3.63) is 0 Å². The summed E-state index contributed by atoms with van der Waals surface area (Å²) in [5, 5.41) is 0. The minimum Gasteiger partial charge on any atom is -0.381 e. The van der Waals surface area contributed by atoms with E-state index in [-0.39, 0.29) is 23.8 Å². The highest BCUT2D eigenvalue weighted by Crippen LogP contribution is 2.27. The van der Waals surface area contributed by atoms with Gasteiger partial charge >= 0.3 is 0 Å². The summed E-state index contributed by atoms with van der Waals surface area (Å²) in [5.41, 5.74) is 0. The highest BCUT2D eigenvalue weighted by Gasteiger charge is 2.39. The largest absolute Gasteiger partial charge is 0.381 e. The Morgan fingerprint density at radius 1 is 1.05 bits per heavy atom. The molecule has 2 amide bonds. The molecule has 1 unspecified atom stereocenters. The van der Waals surface area contributed by atoms with Crippen LogP contribution in [0.1, 0.15) is 44.9 Å². The molecule has 0 aromatic rings. The Balaban J connectivity index is 1.59. The van der Waals surface area contributed by atoms with Gasteiger partial charge in [0.15, 0.2) is 0 Å². The van der Waals surface area contributed by atoms with Crippen LogP contribution in [0.4, 0.5) is 0 Å². The van der Waals surface area contributed by atoms with E-state index >= 15 is 0 Å². The molecule has 5 nitrogen and oxygen atoms in total. The summed E-state index contributed by atoms with van der Waals surface area (Å²) in [4.78, 5) is 28.8. The molecule has 3 aliphatic heterocycles. The van der Waals surface area contributed by atoms with Crippen LogP contribution in [0.3, 0.4) is 0 Å². The first kappa shape index (κ1) is 14.8. The summed E-state index contributed by atoms with van der Waals surface area (Å²) in [5.74, 6) is 0.258. The van der Waals surface area contributed by atoms with Gasteiger partial charge in [-0.3, -0.25) is 9.59 Å². The maximum atomic E-state index is 12.6.